The zero-order chi connectivity index (χ0) is 18.3. The van der Waals surface area contributed by atoms with Crippen LogP contribution < -0.4 is 0 Å². The summed E-state index contributed by atoms with van der Waals surface area (Å²) in [5.41, 5.74) is 0.797. The number of nitrogens with zero attached hydrogens (tertiary/aromatic N) is 1. The number of carbonyl (C=O) groups excluding carboxylic acids is 1. The average molecular weight is 380 g/mol. The zero-order valence-electron chi connectivity index (χ0n) is 12.7. The Labute approximate surface area is 148 Å². The monoisotopic (exact) mass is 379 g/mol. The Balaban J connectivity index is 2.89. The average Bonchev–Trinajstić information content (AvgIpc) is 2.48. The highest BCUT2D eigenvalue weighted by molar-refractivity contribution is 6.42. The van der Waals surface area contributed by atoms with Gasteiger partial charge in [-0.3, -0.25) is 4.79 Å². The molecule has 1 aromatic carbocycles. The van der Waals surface area contributed by atoms with Crippen LogP contribution in [0.25, 0.3) is 0 Å². The number of hydrogen-bond donors (Lipinski definition) is 0. The Morgan fingerprint density at radius 1 is 1.33 bits per heavy atom. The van der Waals surface area contributed by atoms with Gasteiger partial charge in [0, 0.05) is 19.2 Å². The van der Waals surface area contributed by atoms with Crippen molar-refractivity contribution < 1.29 is 22.7 Å². The maximum atomic E-state index is 12.7. The van der Waals surface area contributed by atoms with Gasteiger partial charge in [0.05, 0.1) is 23.2 Å². The van der Waals surface area contributed by atoms with E-state index in [0.29, 0.717) is 21.1 Å². The molecule has 0 heterocycles. The van der Waals surface area contributed by atoms with Crippen molar-refractivity contribution in [2.45, 2.75) is 6.18 Å². The van der Waals surface area contributed by atoms with E-state index in [-0.39, 0.29) is 18.2 Å². The molecule has 0 aliphatic heterocycles. The van der Waals surface area contributed by atoms with Crippen LogP contribution in [0, 0.1) is 11.8 Å². The molecule has 3 nitrogen and oxygen atoms in total. The fourth-order valence-electron chi connectivity index (χ4n) is 1.71. The number of amides is 1. The third-order valence-electron chi connectivity index (χ3n) is 2.71. The quantitative estimate of drug-likeness (QED) is 0.572. The minimum absolute atomic E-state index is 0.0435. The Hall–Kier alpha value is -1.68. The van der Waals surface area contributed by atoms with Crippen LogP contribution in [-0.4, -0.2) is 43.8 Å². The molecule has 0 radical (unpaired) electrons. The summed E-state index contributed by atoms with van der Waals surface area (Å²) < 4.78 is 42.7. The van der Waals surface area contributed by atoms with E-state index in [1.165, 1.54) is 19.2 Å². The largest absolute Gasteiger partial charge is 0.471 e. The summed E-state index contributed by atoms with van der Waals surface area (Å²) in [6, 6.07) is 4.57. The summed E-state index contributed by atoms with van der Waals surface area (Å²) in [6.45, 7) is 2.89. The summed E-state index contributed by atoms with van der Waals surface area (Å²) in [5, 5.41) is 0.618. The van der Waals surface area contributed by atoms with E-state index in [9.17, 15) is 18.0 Å². The molecule has 0 saturated heterocycles. The van der Waals surface area contributed by atoms with Crippen LogP contribution >= 0.6 is 23.2 Å². The summed E-state index contributed by atoms with van der Waals surface area (Å²) >= 11 is 11.6. The highest BCUT2D eigenvalue weighted by atomic mass is 35.5. The molecule has 0 N–H and O–H groups in total. The highest BCUT2D eigenvalue weighted by Crippen LogP contribution is 2.22. The first-order valence-electron chi connectivity index (χ1n) is 6.60. The van der Waals surface area contributed by atoms with Crippen molar-refractivity contribution in [2.24, 2.45) is 0 Å². The van der Waals surface area contributed by atoms with Gasteiger partial charge >= 0.3 is 12.1 Å². The number of rotatable bonds is 5. The van der Waals surface area contributed by atoms with Crippen molar-refractivity contribution in [3.63, 3.8) is 0 Å². The van der Waals surface area contributed by atoms with Crippen LogP contribution in [0.4, 0.5) is 13.2 Å². The van der Waals surface area contributed by atoms with Gasteiger partial charge in [-0.25, -0.2) is 0 Å². The molecule has 0 bridgehead atoms. The normalized spacial score (nSPS) is 10.8. The van der Waals surface area contributed by atoms with Crippen LogP contribution in [0.2, 0.25) is 10.0 Å². The number of benzene rings is 1. The second kappa shape index (κ2) is 8.97. The second-order valence-corrected chi connectivity index (χ2v) is 5.59. The lowest BCUT2D eigenvalue weighted by atomic mass is 10.2. The van der Waals surface area contributed by atoms with E-state index >= 15 is 0 Å². The molecular weight excluding hydrogens is 366 g/mol. The summed E-state index contributed by atoms with van der Waals surface area (Å²) in [4.78, 5) is 12.0. The van der Waals surface area contributed by atoms with Crippen LogP contribution in [0.15, 0.2) is 30.4 Å². The lowest BCUT2D eigenvalue weighted by Crippen LogP contribution is -2.42. The van der Waals surface area contributed by atoms with Gasteiger partial charge < -0.3 is 9.64 Å². The fourth-order valence-corrected chi connectivity index (χ4v) is 2.01. The summed E-state index contributed by atoms with van der Waals surface area (Å²) in [7, 11) is 1.38. The molecule has 130 valence electrons. The molecule has 0 fully saturated rings. The maximum absolute atomic E-state index is 12.7. The van der Waals surface area contributed by atoms with Gasteiger partial charge in [0.15, 0.2) is 0 Å². The first-order chi connectivity index (χ1) is 11.1. The van der Waals surface area contributed by atoms with E-state index in [0.717, 1.165) is 0 Å². The first-order valence-corrected chi connectivity index (χ1v) is 7.36. The Morgan fingerprint density at radius 2 is 2.00 bits per heavy atom. The van der Waals surface area contributed by atoms with E-state index < -0.39 is 18.6 Å². The van der Waals surface area contributed by atoms with Crippen molar-refractivity contribution >= 4 is 29.1 Å². The van der Waals surface area contributed by atoms with Crippen molar-refractivity contribution in [1.29, 1.82) is 0 Å². The molecule has 1 rings (SSSR count). The predicted molar refractivity (Wildman–Crippen MR) is 87.0 cm³/mol. The standard InChI is InChI=1S/C16H14Cl2F3NO2/c1-11(10-24-2)9-22(15(23)16(19,20)21)7-3-4-12-5-6-13(17)14(18)8-12/h5-6,8H,1,7,9-10H2,2H3. The molecule has 0 aromatic heterocycles. The molecule has 1 aromatic rings. The highest BCUT2D eigenvalue weighted by Gasteiger charge is 2.42. The third-order valence-corrected chi connectivity index (χ3v) is 3.45. The molecule has 1 amide bonds. The number of ether oxygens (including phenoxy) is 1. The van der Waals surface area contributed by atoms with Crippen LogP contribution in [0.5, 0.6) is 0 Å². The Morgan fingerprint density at radius 3 is 2.54 bits per heavy atom. The number of methoxy groups -OCH3 is 1. The molecule has 8 heteroatoms. The van der Waals surface area contributed by atoms with Gasteiger partial charge in [0.1, 0.15) is 0 Å². The summed E-state index contributed by atoms with van der Waals surface area (Å²) in [6.07, 6.45) is -4.99. The molecule has 0 spiro atoms. The van der Waals surface area contributed by atoms with Crippen molar-refractivity contribution in [2.75, 3.05) is 26.8 Å². The van der Waals surface area contributed by atoms with Crippen molar-refractivity contribution in [3.8, 4) is 11.8 Å². The van der Waals surface area contributed by atoms with Crippen molar-refractivity contribution in [3.05, 3.63) is 46.0 Å². The number of halogens is 5. The number of hydrogen-bond acceptors (Lipinski definition) is 2. The van der Waals surface area contributed by atoms with Gasteiger partial charge in [-0.15, -0.1) is 0 Å². The molecule has 0 unspecified atom stereocenters. The van der Waals surface area contributed by atoms with Gasteiger partial charge in [0.2, 0.25) is 0 Å². The van der Waals surface area contributed by atoms with Crippen LogP contribution in [0.1, 0.15) is 5.56 Å². The lowest BCUT2D eigenvalue weighted by molar-refractivity contribution is -0.184. The molecule has 0 aliphatic carbocycles. The van der Waals surface area contributed by atoms with E-state index in [4.69, 9.17) is 27.9 Å². The fraction of sp³-hybridized carbons (Fsp3) is 0.312. The predicted octanol–water partition coefficient (Wildman–Crippen LogP) is 3.94. The van der Waals surface area contributed by atoms with Crippen molar-refractivity contribution in [1.82, 2.24) is 4.90 Å². The van der Waals surface area contributed by atoms with Crippen LogP contribution in [0.3, 0.4) is 0 Å². The second-order valence-electron chi connectivity index (χ2n) is 4.77. The first kappa shape index (κ1) is 20.4. The molecule has 0 aliphatic rings. The van der Waals surface area contributed by atoms with Gasteiger partial charge in [0.25, 0.3) is 0 Å². The van der Waals surface area contributed by atoms with Gasteiger partial charge in [-0.1, -0.05) is 41.6 Å². The van der Waals surface area contributed by atoms with Crippen LogP contribution in [-0.2, 0) is 9.53 Å². The zero-order valence-corrected chi connectivity index (χ0v) is 14.2. The maximum Gasteiger partial charge on any atom is 0.471 e. The van der Waals surface area contributed by atoms with E-state index in [1.807, 2.05) is 0 Å². The number of carbonyl (C=O) groups is 1. The third kappa shape index (κ3) is 6.44. The minimum atomic E-state index is -4.99. The molecule has 0 saturated carbocycles. The smallest absolute Gasteiger partial charge is 0.380 e. The minimum Gasteiger partial charge on any atom is -0.380 e. The lowest BCUT2D eigenvalue weighted by Gasteiger charge is -2.22. The summed E-state index contributed by atoms with van der Waals surface area (Å²) in [5.74, 6) is 3.18. The van der Waals surface area contributed by atoms with Gasteiger partial charge in [-0.2, -0.15) is 13.2 Å². The molecule has 24 heavy (non-hydrogen) atoms. The Kier molecular flexibility index (Phi) is 7.61. The molecule has 0 atom stereocenters. The van der Waals surface area contributed by atoms with E-state index in [2.05, 4.69) is 18.4 Å². The molecular formula is C16H14Cl2F3NO2. The van der Waals surface area contributed by atoms with Gasteiger partial charge in [-0.05, 0) is 23.8 Å². The topological polar surface area (TPSA) is 29.5 Å². The SMILES string of the molecule is C=C(COC)CN(CC#Cc1ccc(Cl)c(Cl)c1)C(=O)C(F)(F)F. The number of alkyl halides is 3. The Bertz CT molecular complexity index is 678. The van der Waals surface area contributed by atoms with E-state index in [1.54, 1.807) is 6.07 Å².